The number of aliphatic carboxylic acids is 1. The van der Waals surface area contributed by atoms with Crippen molar-refractivity contribution in [3.63, 3.8) is 0 Å². The van der Waals surface area contributed by atoms with Crippen LogP contribution in [0.5, 0.6) is 0 Å². The monoisotopic (exact) mass is 256 g/mol. The summed E-state index contributed by atoms with van der Waals surface area (Å²) in [5, 5.41) is 12.0. The number of rotatable bonds is 2. The van der Waals surface area contributed by atoms with Crippen molar-refractivity contribution in [2.75, 3.05) is 19.8 Å². The lowest BCUT2D eigenvalue weighted by Crippen LogP contribution is -2.51. The van der Waals surface area contributed by atoms with E-state index in [0.29, 0.717) is 13.2 Å². The Morgan fingerprint density at radius 3 is 2.78 bits per heavy atom. The highest BCUT2D eigenvalue weighted by Gasteiger charge is 2.40. The van der Waals surface area contributed by atoms with Crippen molar-refractivity contribution in [2.45, 2.75) is 38.3 Å². The molecule has 0 aliphatic carbocycles. The molecule has 0 aromatic rings. The Morgan fingerprint density at radius 2 is 2.17 bits per heavy atom. The van der Waals surface area contributed by atoms with E-state index in [1.807, 2.05) is 6.92 Å². The first kappa shape index (κ1) is 13.1. The molecular weight excluding hydrogens is 236 g/mol. The number of likely N-dealkylation sites (tertiary alicyclic amines) is 1. The van der Waals surface area contributed by atoms with Gasteiger partial charge in [0.2, 0.25) is 0 Å². The Balaban J connectivity index is 1.93. The molecule has 2 amide bonds. The highest BCUT2D eigenvalue weighted by molar-refractivity contribution is 5.83. The molecule has 2 N–H and O–H groups in total. The van der Waals surface area contributed by atoms with E-state index in [2.05, 4.69) is 5.32 Å². The number of carbonyl (C=O) groups is 2. The maximum atomic E-state index is 12.1. The van der Waals surface area contributed by atoms with Crippen LogP contribution in [0.2, 0.25) is 0 Å². The zero-order chi connectivity index (χ0) is 13.1. The van der Waals surface area contributed by atoms with Crippen molar-refractivity contribution >= 4 is 12.0 Å². The van der Waals surface area contributed by atoms with Gasteiger partial charge in [-0.25, -0.2) is 9.59 Å². The van der Waals surface area contributed by atoms with Gasteiger partial charge >= 0.3 is 12.0 Å². The van der Waals surface area contributed by atoms with Gasteiger partial charge in [-0.05, 0) is 25.2 Å². The zero-order valence-electron chi connectivity index (χ0n) is 10.6. The minimum Gasteiger partial charge on any atom is -0.480 e. The molecule has 6 nitrogen and oxygen atoms in total. The van der Waals surface area contributed by atoms with Crippen LogP contribution in [-0.4, -0.2) is 53.8 Å². The highest BCUT2D eigenvalue weighted by atomic mass is 16.5. The van der Waals surface area contributed by atoms with Gasteiger partial charge < -0.3 is 20.1 Å². The summed E-state index contributed by atoms with van der Waals surface area (Å²) in [6, 6.07) is -0.964. The van der Waals surface area contributed by atoms with Crippen LogP contribution in [0.25, 0.3) is 0 Å². The molecule has 0 bridgehead atoms. The fourth-order valence-electron chi connectivity index (χ4n) is 2.66. The normalized spacial score (nSPS) is 32.3. The van der Waals surface area contributed by atoms with Gasteiger partial charge in [0, 0.05) is 13.2 Å². The molecule has 0 aromatic carbocycles. The van der Waals surface area contributed by atoms with E-state index in [1.54, 1.807) is 0 Å². The number of hydrogen-bond acceptors (Lipinski definition) is 3. The van der Waals surface area contributed by atoms with E-state index in [9.17, 15) is 9.59 Å². The molecule has 2 fully saturated rings. The van der Waals surface area contributed by atoms with Crippen LogP contribution in [0.3, 0.4) is 0 Å². The lowest BCUT2D eigenvalue weighted by molar-refractivity contribution is -0.142. The Hall–Kier alpha value is -1.30. The number of nitrogens with zero attached hydrogens (tertiary/aromatic N) is 1. The van der Waals surface area contributed by atoms with Crippen LogP contribution in [0.15, 0.2) is 0 Å². The van der Waals surface area contributed by atoms with Crippen molar-refractivity contribution in [3.05, 3.63) is 0 Å². The number of carbonyl (C=O) groups excluding carboxylic acids is 1. The number of carboxylic acids is 1. The molecule has 6 heteroatoms. The van der Waals surface area contributed by atoms with Crippen LogP contribution < -0.4 is 5.32 Å². The fourth-order valence-corrected chi connectivity index (χ4v) is 2.66. The molecule has 0 aromatic heterocycles. The first-order valence-corrected chi connectivity index (χ1v) is 6.47. The number of amides is 2. The second-order valence-electron chi connectivity index (χ2n) is 5.11. The summed E-state index contributed by atoms with van der Waals surface area (Å²) in [7, 11) is 0. The predicted molar refractivity (Wildman–Crippen MR) is 64.3 cm³/mol. The van der Waals surface area contributed by atoms with Crippen molar-refractivity contribution in [1.29, 1.82) is 0 Å². The summed E-state index contributed by atoms with van der Waals surface area (Å²) in [5.74, 6) is -0.911. The van der Waals surface area contributed by atoms with Gasteiger partial charge in [-0.15, -0.1) is 0 Å². The molecule has 3 unspecified atom stereocenters. The van der Waals surface area contributed by atoms with E-state index in [1.165, 1.54) is 4.90 Å². The van der Waals surface area contributed by atoms with Gasteiger partial charge in [0.05, 0.1) is 12.6 Å². The molecule has 0 spiro atoms. The molecule has 0 radical (unpaired) electrons. The Labute approximate surface area is 106 Å². The summed E-state index contributed by atoms with van der Waals surface area (Å²) < 4.78 is 5.29. The van der Waals surface area contributed by atoms with Crippen molar-refractivity contribution in [3.8, 4) is 0 Å². The lowest BCUT2D eigenvalue weighted by atomic mass is 10.0. The first-order chi connectivity index (χ1) is 8.59. The third kappa shape index (κ3) is 2.75. The minimum absolute atomic E-state index is 0.0101. The van der Waals surface area contributed by atoms with Gasteiger partial charge in [-0.2, -0.15) is 0 Å². The molecule has 2 saturated heterocycles. The molecule has 0 saturated carbocycles. The second-order valence-corrected chi connectivity index (χ2v) is 5.11. The van der Waals surface area contributed by atoms with Crippen LogP contribution in [0, 0.1) is 5.92 Å². The summed E-state index contributed by atoms with van der Waals surface area (Å²) in [4.78, 5) is 24.7. The topological polar surface area (TPSA) is 78.9 Å². The van der Waals surface area contributed by atoms with Crippen LogP contribution in [0.1, 0.15) is 26.2 Å². The van der Waals surface area contributed by atoms with E-state index in [-0.39, 0.29) is 18.0 Å². The number of urea groups is 1. The Morgan fingerprint density at radius 1 is 1.39 bits per heavy atom. The average molecular weight is 256 g/mol. The second kappa shape index (κ2) is 5.56. The standard InChI is InChI=1S/C12H20N2O4/c1-8-4-5-14(10(8)11(15)16)12(17)13-9-3-2-6-18-7-9/h8-10H,2-7H2,1H3,(H,13,17)(H,15,16). The summed E-state index contributed by atoms with van der Waals surface area (Å²) in [5.41, 5.74) is 0. The van der Waals surface area contributed by atoms with Gasteiger partial charge in [0.15, 0.2) is 0 Å². The van der Waals surface area contributed by atoms with E-state index < -0.39 is 12.0 Å². The Bertz CT molecular complexity index is 328. The van der Waals surface area contributed by atoms with Crippen LogP contribution >= 0.6 is 0 Å². The molecule has 102 valence electrons. The SMILES string of the molecule is CC1CCN(C(=O)NC2CCCOC2)C1C(=O)O. The van der Waals surface area contributed by atoms with Gasteiger partial charge in [-0.3, -0.25) is 0 Å². The molecule has 2 aliphatic rings. The van der Waals surface area contributed by atoms with Crippen LogP contribution in [0.4, 0.5) is 4.79 Å². The average Bonchev–Trinajstić information content (AvgIpc) is 2.72. The maximum absolute atomic E-state index is 12.1. The molecule has 2 aliphatic heterocycles. The third-order valence-electron chi connectivity index (χ3n) is 3.70. The summed E-state index contributed by atoms with van der Waals surface area (Å²) in [6.07, 6.45) is 2.57. The fraction of sp³-hybridized carbons (Fsp3) is 0.833. The predicted octanol–water partition coefficient (Wildman–Crippen LogP) is 0.670. The maximum Gasteiger partial charge on any atom is 0.326 e. The van der Waals surface area contributed by atoms with Crippen molar-refractivity contribution < 1.29 is 19.4 Å². The zero-order valence-corrected chi connectivity index (χ0v) is 10.6. The van der Waals surface area contributed by atoms with E-state index in [4.69, 9.17) is 9.84 Å². The third-order valence-corrected chi connectivity index (χ3v) is 3.70. The number of ether oxygens (including phenoxy) is 1. The number of carboxylic acid groups (broad SMARTS) is 1. The quantitative estimate of drug-likeness (QED) is 0.761. The van der Waals surface area contributed by atoms with Crippen molar-refractivity contribution in [1.82, 2.24) is 10.2 Å². The van der Waals surface area contributed by atoms with Gasteiger partial charge in [0.25, 0.3) is 0 Å². The summed E-state index contributed by atoms with van der Waals surface area (Å²) in [6.45, 7) is 3.64. The lowest BCUT2D eigenvalue weighted by Gasteiger charge is -2.28. The van der Waals surface area contributed by atoms with Crippen molar-refractivity contribution in [2.24, 2.45) is 5.92 Å². The van der Waals surface area contributed by atoms with E-state index >= 15 is 0 Å². The van der Waals surface area contributed by atoms with Crippen LogP contribution in [-0.2, 0) is 9.53 Å². The van der Waals surface area contributed by atoms with E-state index in [0.717, 1.165) is 25.9 Å². The molecule has 2 heterocycles. The summed E-state index contributed by atoms with van der Waals surface area (Å²) >= 11 is 0. The molecule has 3 atom stereocenters. The minimum atomic E-state index is -0.921. The number of nitrogens with one attached hydrogen (secondary N) is 1. The largest absolute Gasteiger partial charge is 0.480 e. The smallest absolute Gasteiger partial charge is 0.326 e. The molecule has 18 heavy (non-hydrogen) atoms. The first-order valence-electron chi connectivity index (χ1n) is 6.47. The number of hydrogen-bond donors (Lipinski definition) is 2. The van der Waals surface area contributed by atoms with Gasteiger partial charge in [0.1, 0.15) is 6.04 Å². The molecular formula is C12H20N2O4. The molecule has 2 rings (SSSR count). The Kier molecular flexibility index (Phi) is 4.06. The van der Waals surface area contributed by atoms with Gasteiger partial charge in [-0.1, -0.05) is 6.92 Å². The highest BCUT2D eigenvalue weighted by Crippen LogP contribution is 2.24.